The highest BCUT2D eigenvalue weighted by Gasteiger charge is 2.38. The lowest BCUT2D eigenvalue weighted by molar-refractivity contribution is -0.141. The maximum Gasteiger partial charge on any atom is 0.433 e. The average Bonchev–Trinajstić information content (AvgIpc) is 2.74. The summed E-state index contributed by atoms with van der Waals surface area (Å²) in [4.78, 5) is 30.8. The number of hydrogen-bond acceptors (Lipinski definition) is 4. The molecule has 34 heavy (non-hydrogen) atoms. The van der Waals surface area contributed by atoms with Crippen molar-refractivity contribution >= 4 is 17.5 Å². The molecule has 2 heterocycles. The number of carbonyl (C=O) groups is 2. The highest BCUT2D eigenvalue weighted by Crippen LogP contribution is 2.32. The van der Waals surface area contributed by atoms with Gasteiger partial charge in [-0.2, -0.15) is 13.2 Å². The Morgan fingerprint density at radius 2 is 1.71 bits per heavy atom. The number of hydrogen-bond donors (Lipinski definition) is 2. The Bertz CT molecular complexity index is 1040. The first-order valence-electron chi connectivity index (χ1n) is 11.2. The third-order valence-corrected chi connectivity index (χ3v) is 5.86. The van der Waals surface area contributed by atoms with Crippen molar-refractivity contribution in [1.82, 2.24) is 15.2 Å². The van der Waals surface area contributed by atoms with Crippen LogP contribution in [-0.4, -0.2) is 40.3 Å². The summed E-state index contributed by atoms with van der Waals surface area (Å²) < 4.78 is 38.6. The van der Waals surface area contributed by atoms with Crippen molar-refractivity contribution in [2.45, 2.75) is 58.8 Å². The maximum atomic E-state index is 12.9. The van der Waals surface area contributed by atoms with E-state index in [1.165, 1.54) is 6.07 Å². The lowest BCUT2D eigenvalue weighted by Gasteiger charge is -2.39. The molecule has 0 aliphatic carbocycles. The van der Waals surface area contributed by atoms with E-state index in [1.807, 2.05) is 33.8 Å². The zero-order chi connectivity index (χ0) is 25.1. The van der Waals surface area contributed by atoms with Crippen LogP contribution in [0.3, 0.4) is 0 Å². The Morgan fingerprint density at radius 3 is 2.32 bits per heavy atom. The zero-order valence-electron chi connectivity index (χ0n) is 19.9. The van der Waals surface area contributed by atoms with E-state index in [0.29, 0.717) is 12.2 Å². The van der Waals surface area contributed by atoms with E-state index in [-0.39, 0.29) is 17.1 Å². The molecular formula is C25H31F3N4O2. The molecule has 1 aliphatic heterocycles. The van der Waals surface area contributed by atoms with E-state index in [4.69, 9.17) is 0 Å². The van der Waals surface area contributed by atoms with Gasteiger partial charge in [0.1, 0.15) is 11.4 Å². The summed E-state index contributed by atoms with van der Waals surface area (Å²) in [7, 11) is 0. The third kappa shape index (κ3) is 6.79. The average molecular weight is 477 g/mol. The van der Waals surface area contributed by atoms with Gasteiger partial charge >= 0.3 is 6.18 Å². The van der Waals surface area contributed by atoms with Gasteiger partial charge in [-0.05, 0) is 76.5 Å². The summed E-state index contributed by atoms with van der Waals surface area (Å²) in [5.41, 5.74) is -0.652. The first kappa shape index (κ1) is 25.7. The molecule has 1 aromatic heterocycles. The number of halogens is 3. The van der Waals surface area contributed by atoms with Crippen LogP contribution in [0, 0.1) is 5.41 Å². The molecule has 2 amide bonds. The molecular weight excluding hydrogens is 445 g/mol. The van der Waals surface area contributed by atoms with E-state index >= 15 is 0 Å². The molecule has 2 aromatic rings. The van der Waals surface area contributed by atoms with Gasteiger partial charge in [-0.15, -0.1) is 0 Å². The van der Waals surface area contributed by atoms with Crippen LogP contribution < -0.4 is 10.6 Å². The first-order valence-corrected chi connectivity index (χ1v) is 11.2. The van der Waals surface area contributed by atoms with E-state index in [1.54, 1.807) is 18.2 Å². The molecule has 1 fully saturated rings. The monoisotopic (exact) mass is 476 g/mol. The van der Waals surface area contributed by atoms with Gasteiger partial charge in [0.05, 0.1) is 0 Å². The van der Waals surface area contributed by atoms with Gasteiger partial charge in [0.25, 0.3) is 5.91 Å². The Kier molecular flexibility index (Phi) is 7.35. The van der Waals surface area contributed by atoms with Crippen LogP contribution in [0.5, 0.6) is 0 Å². The van der Waals surface area contributed by atoms with E-state index < -0.39 is 23.2 Å². The number of anilines is 1. The molecule has 1 aliphatic rings. The quantitative estimate of drug-likeness (QED) is 0.646. The molecule has 0 radical (unpaired) electrons. The van der Waals surface area contributed by atoms with Crippen molar-refractivity contribution in [3.8, 4) is 0 Å². The van der Waals surface area contributed by atoms with Crippen molar-refractivity contribution < 1.29 is 22.8 Å². The van der Waals surface area contributed by atoms with Crippen molar-refractivity contribution in [2.24, 2.45) is 5.41 Å². The first-order chi connectivity index (χ1) is 15.7. The maximum absolute atomic E-state index is 12.9. The standard InChI is InChI=1S/C25H31F3N4O2/c1-23(2,3)31-22(34)24(4)11-13-32(14-12-24)16-17-7-5-8-18(15-17)29-21(33)19-9-6-10-20(30-19)25(26,27)28/h5-10,15H,11-14,16H2,1-4H3,(H,29,33)(H,31,34). The molecule has 9 heteroatoms. The topological polar surface area (TPSA) is 74.3 Å². The van der Waals surface area contributed by atoms with Crippen LogP contribution in [0.2, 0.25) is 0 Å². The summed E-state index contributed by atoms with van der Waals surface area (Å²) in [5.74, 6) is -0.630. The number of pyridine rings is 1. The second kappa shape index (κ2) is 9.74. The van der Waals surface area contributed by atoms with Crippen molar-refractivity contribution in [1.29, 1.82) is 0 Å². The largest absolute Gasteiger partial charge is 0.433 e. The highest BCUT2D eigenvalue weighted by atomic mass is 19.4. The second-order valence-corrected chi connectivity index (χ2v) is 10.1. The van der Waals surface area contributed by atoms with Gasteiger partial charge in [-0.3, -0.25) is 14.5 Å². The molecule has 0 unspecified atom stereocenters. The molecule has 1 aromatic carbocycles. The fourth-order valence-electron chi connectivity index (χ4n) is 3.84. The van der Waals surface area contributed by atoms with E-state index in [0.717, 1.165) is 43.6 Å². The summed E-state index contributed by atoms with van der Waals surface area (Å²) in [6.07, 6.45) is -3.13. The normalized spacial score (nSPS) is 16.7. The van der Waals surface area contributed by atoms with Gasteiger partial charge in [-0.25, -0.2) is 4.98 Å². The number of nitrogens with one attached hydrogen (secondary N) is 2. The van der Waals surface area contributed by atoms with Crippen molar-refractivity contribution in [2.75, 3.05) is 18.4 Å². The second-order valence-electron chi connectivity index (χ2n) is 10.1. The smallest absolute Gasteiger partial charge is 0.351 e. The molecule has 6 nitrogen and oxygen atoms in total. The van der Waals surface area contributed by atoms with Crippen LogP contribution in [0.15, 0.2) is 42.5 Å². The molecule has 0 spiro atoms. The number of aromatic nitrogens is 1. The summed E-state index contributed by atoms with van der Waals surface area (Å²) in [6.45, 7) is 10.1. The van der Waals surface area contributed by atoms with Gasteiger partial charge in [-0.1, -0.05) is 25.1 Å². The number of alkyl halides is 3. The molecule has 0 atom stereocenters. The molecule has 184 valence electrons. The lowest BCUT2D eigenvalue weighted by atomic mass is 9.79. The molecule has 2 N–H and O–H groups in total. The number of amides is 2. The van der Waals surface area contributed by atoms with Crippen LogP contribution in [0.1, 0.15) is 62.3 Å². The van der Waals surface area contributed by atoms with Crippen molar-refractivity contribution in [3.05, 3.63) is 59.4 Å². The SMILES string of the molecule is CC(C)(C)NC(=O)C1(C)CCN(Cc2cccc(NC(=O)c3cccc(C(F)(F)F)n3)c2)CC1. The van der Waals surface area contributed by atoms with Crippen LogP contribution in [-0.2, 0) is 17.5 Å². The minimum atomic E-state index is -4.62. The predicted molar refractivity (Wildman–Crippen MR) is 124 cm³/mol. The van der Waals surface area contributed by atoms with Crippen LogP contribution >= 0.6 is 0 Å². The Balaban J connectivity index is 1.59. The molecule has 0 saturated carbocycles. The number of carbonyl (C=O) groups excluding carboxylic acids is 2. The molecule has 1 saturated heterocycles. The predicted octanol–water partition coefficient (Wildman–Crippen LogP) is 4.87. The van der Waals surface area contributed by atoms with Crippen LogP contribution in [0.25, 0.3) is 0 Å². The fourth-order valence-corrected chi connectivity index (χ4v) is 3.84. The van der Waals surface area contributed by atoms with Gasteiger partial charge in [0.2, 0.25) is 5.91 Å². The highest BCUT2D eigenvalue weighted by molar-refractivity contribution is 6.02. The summed E-state index contributed by atoms with van der Waals surface area (Å²) >= 11 is 0. The number of likely N-dealkylation sites (tertiary alicyclic amines) is 1. The van der Waals surface area contributed by atoms with Gasteiger partial charge in [0, 0.05) is 23.2 Å². The van der Waals surface area contributed by atoms with Crippen LogP contribution in [0.4, 0.5) is 18.9 Å². The Labute approximate surface area is 197 Å². The summed E-state index contributed by atoms with van der Waals surface area (Å²) in [5, 5.41) is 5.70. The number of nitrogens with zero attached hydrogens (tertiary/aromatic N) is 2. The lowest BCUT2D eigenvalue weighted by Crippen LogP contribution is -2.51. The zero-order valence-corrected chi connectivity index (χ0v) is 19.9. The summed E-state index contributed by atoms with van der Waals surface area (Å²) in [6, 6.07) is 10.4. The minimum Gasteiger partial charge on any atom is -0.351 e. The van der Waals surface area contributed by atoms with E-state index in [2.05, 4.69) is 20.5 Å². The fraction of sp³-hybridized carbons (Fsp3) is 0.480. The molecule has 0 bridgehead atoms. The van der Waals surface area contributed by atoms with Gasteiger partial charge < -0.3 is 10.6 Å². The minimum absolute atomic E-state index is 0.0764. The van der Waals surface area contributed by atoms with Gasteiger partial charge in [0.15, 0.2) is 0 Å². The number of piperidine rings is 1. The van der Waals surface area contributed by atoms with E-state index in [9.17, 15) is 22.8 Å². The Hall–Kier alpha value is -2.94. The third-order valence-electron chi connectivity index (χ3n) is 5.86. The van der Waals surface area contributed by atoms with Crippen molar-refractivity contribution in [3.63, 3.8) is 0 Å². The Morgan fingerprint density at radius 1 is 1.06 bits per heavy atom. The number of benzene rings is 1. The number of rotatable bonds is 5. The molecule has 3 rings (SSSR count).